The smallest absolute Gasteiger partial charge is 0.318 e. The molecule has 0 saturated heterocycles. The Kier molecular flexibility index (Phi) is 2.15. The lowest BCUT2D eigenvalue weighted by Gasteiger charge is -2.31. The molecule has 1 aliphatic rings. The summed E-state index contributed by atoms with van der Waals surface area (Å²) in [6.07, 6.45) is 5.74. The van der Waals surface area contributed by atoms with Crippen molar-refractivity contribution in [2.75, 3.05) is 0 Å². The molecule has 0 bridgehead atoms. The van der Waals surface area contributed by atoms with Crippen molar-refractivity contribution in [3.63, 3.8) is 0 Å². The van der Waals surface area contributed by atoms with Crippen LogP contribution in [0.3, 0.4) is 0 Å². The molecule has 1 atom stereocenters. The molecule has 4 heteroatoms. The Balaban J connectivity index is 2.48. The zero-order valence-electron chi connectivity index (χ0n) is 7.27. The maximum atomic E-state index is 11.1. The molecule has 1 aromatic heterocycles. The van der Waals surface area contributed by atoms with Crippen LogP contribution in [0.1, 0.15) is 12.0 Å². The monoisotopic (exact) mass is 253 g/mol. The summed E-state index contributed by atoms with van der Waals surface area (Å²) in [5.74, 6) is -0.807. The van der Waals surface area contributed by atoms with E-state index in [0.29, 0.717) is 11.0 Å². The van der Waals surface area contributed by atoms with E-state index in [4.69, 9.17) is 5.11 Å². The summed E-state index contributed by atoms with van der Waals surface area (Å²) in [5.41, 5.74) is -0.0553. The maximum absolute atomic E-state index is 11.1. The molecule has 0 spiro atoms. The van der Waals surface area contributed by atoms with Crippen LogP contribution in [0.4, 0.5) is 0 Å². The van der Waals surface area contributed by atoms with E-state index in [0.717, 1.165) is 5.56 Å². The van der Waals surface area contributed by atoms with Crippen LogP contribution in [-0.4, -0.2) is 16.1 Å². The summed E-state index contributed by atoms with van der Waals surface area (Å²) < 4.78 is 0.663. The van der Waals surface area contributed by atoms with Gasteiger partial charge in [0.1, 0.15) is 10.0 Å². The van der Waals surface area contributed by atoms with Crippen LogP contribution in [0.5, 0.6) is 0 Å². The predicted octanol–water partition coefficient (Wildman–Crippen LogP) is 2.13. The number of carboxylic acid groups (broad SMARTS) is 1. The van der Waals surface area contributed by atoms with Gasteiger partial charge in [0.25, 0.3) is 0 Å². The highest BCUT2D eigenvalue weighted by atomic mass is 79.9. The van der Waals surface area contributed by atoms with E-state index in [2.05, 4.69) is 20.9 Å². The highest BCUT2D eigenvalue weighted by Crippen LogP contribution is 2.37. The molecule has 1 heterocycles. The van der Waals surface area contributed by atoms with Gasteiger partial charge in [-0.15, -0.1) is 0 Å². The van der Waals surface area contributed by atoms with Gasteiger partial charge in [0.15, 0.2) is 0 Å². The first-order valence-electron chi connectivity index (χ1n) is 4.18. The molecule has 14 heavy (non-hydrogen) atoms. The molecular formula is C10H8BrNO2. The number of carboxylic acids is 1. The Hall–Kier alpha value is -1.16. The van der Waals surface area contributed by atoms with Crippen LogP contribution in [-0.2, 0) is 10.2 Å². The van der Waals surface area contributed by atoms with Gasteiger partial charge in [0.05, 0.1) is 0 Å². The normalized spacial score (nSPS) is 24.4. The number of hydrogen-bond acceptors (Lipinski definition) is 2. The van der Waals surface area contributed by atoms with E-state index in [1.807, 2.05) is 6.08 Å². The lowest BCUT2D eigenvalue weighted by atomic mass is 9.71. The Morgan fingerprint density at radius 3 is 2.79 bits per heavy atom. The van der Waals surface area contributed by atoms with Crippen LogP contribution < -0.4 is 0 Å². The maximum Gasteiger partial charge on any atom is 0.318 e. The third-order valence-corrected chi connectivity index (χ3v) is 2.90. The largest absolute Gasteiger partial charge is 0.480 e. The topological polar surface area (TPSA) is 50.2 Å². The summed E-state index contributed by atoms with van der Waals surface area (Å²) in [4.78, 5) is 15.1. The lowest BCUT2D eigenvalue weighted by Crippen LogP contribution is -2.37. The summed E-state index contributed by atoms with van der Waals surface area (Å²) in [6.45, 7) is 0. The number of nitrogens with zero attached hydrogens (tertiary/aromatic N) is 1. The number of rotatable bonds is 2. The van der Waals surface area contributed by atoms with Crippen LogP contribution >= 0.6 is 15.9 Å². The fraction of sp³-hybridized carbons (Fsp3) is 0.200. The second-order valence-corrected chi connectivity index (χ2v) is 4.06. The zero-order chi connectivity index (χ0) is 10.2. The van der Waals surface area contributed by atoms with E-state index in [-0.39, 0.29) is 0 Å². The zero-order valence-corrected chi connectivity index (χ0v) is 8.86. The number of pyridine rings is 1. The SMILES string of the molecule is O=C(O)C1(c2ccnc(Br)c2)C=CC1. The Morgan fingerprint density at radius 1 is 1.64 bits per heavy atom. The minimum Gasteiger partial charge on any atom is -0.480 e. The van der Waals surface area contributed by atoms with Crippen LogP contribution in [0.25, 0.3) is 0 Å². The quantitative estimate of drug-likeness (QED) is 0.649. The van der Waals surface area contributed by atoms with Gasteiger partial charge in [-0.1, -0.05) is 12.2 Å². The minimum atomic E-state index is -0.828. The molecule has 1 N–H and O–H groups in total. The fourth-order valence-corrected chi connectivity index (χ4v) is 1.89. The summed E-state index contributed by atoms with van der Waals surface area (Å²) >= 11 is 3.23. The summed E-state index contributed by atoms with van der Waals surface area (Å²) in [6, 6.07) is 3.49. The minimum absolute atomic E-state index is 0.554. The first-order valence-corrected chi connectivity index (χ1v) is 4.97. The molecule has 1 aliphatic carbocycles. The molecule has 1 unspecified atom stereocenters. The van der Waals surface area contributed by atoms with Crippen molar-refractivity contribution in [2.45, 2.75) is 11.8 Å². The molecule has 2 rings (SSSR count). The second kappa shape index (κ2) is 3.20. The average Bonchev–Trinajstić information content (AvgIpc) is 2.00. The van der Waals surface area contributed by atoms with Gasteiger partial charge in [-0.05, 0) is 40.0 Å². The molecule has 0 aliphatic heterocycles. The van der Waals surface area contributed by atoms with E-state index in [1.165, 1.54) is 0 Å². The number of allylic oxidation sites excluding steroid dienone is 1. The van der Waals surface area contributed by atoms with Crippen LogP contribution in [0.2, 0.25) is 0 Å². The molecule has 0 saturated carbocycles. The first kappa shape index (κ1) is 9.40. The van der Waals surface area contributed by atoms with E-state index in [9.17, 15) is 4.79 Å². The van der Waals surface area contributed by atoms with Crippen molar-refractivity contribution in [3.05, 3.63) is 40.6 Å². The molecule has 0 fully saturated rings. The Morgan fingerprint density at radius 2 is 2.36 bits per heavy atom. The average molecular weight is 254 g/mol. The van der Waals surface area contributed by atoms with Gasteiger partial charge in [-0.2, -0.15) is 0 Å². The first-order chi connectivity index (χ1) is 6.65. The van der Waals surface area contributed by atoms with E-state index < -0.39 is 11.4 Å². The van der Waals surface area contributed by atoms with Crippen molar-refractivity contribution in [3.8, 4) is 0 Å². The van der Waals surface area contributed by atoms with Crippen molar-refractivity contribution in [1.82, 2.24) is 4.98 Å². The van der Waals surface area contributed by atoms with Crippen molar-refractivity contribution in [2.24, 2.45) is 0 Å². The molecule has 0 radical (unpaired) electrons. The number of aromatic nitrogens is 1. The van der Waals surface area contributed by atoms with Gasteiger partial charge >= 0.3 is 5.97 Å². The summed E-state index contributed by atoms with van der Waals surface area (Å²) in [7, 11) is 0. The molecule has 72 valence electrons. The van der Waals surface area contributed by atoms with Crippen molar-refractivity contribution in [1.29, 1.82) is 0 Å². The van der Waals surface area contributed by atoms with Gasteiger partial charge in [-0.3, -0.25) is 4.79 Å². The number of halogens is 1. The van der Waals surface area contributed by atoms with Crippen molar-refractivity contribution >= 4 is 21.9 Å². The van der Waals surface area contributed by atoms with E-state index >= 15 is 0 Å². The number of carbonyl (C=O) groups is 1. The number of aliphatic carboxylic acids is 1. The highest BCUT2D eigenvalue weighted by Gasteiger charge is 2.41. The molecule has 1 aromatic rings. The third-order valence-electron chi connectivity index (χ3n) is 2.47. The standard InChI is InChI=1S/C10H8BrNO2/c11-8-6-7(2-5-12-8)10(9(13)14)3-1-4-10/h1-3,5-6H,4H2,(H,13,14). The Labute approximate surface area is 89.6 Å². The van der Waals surface area contributed by atoms with Gasteiger partial charge < -0.3 is 5.11 Å². The van der Waals surface area contributed by atoms with Crippen LogP contribution in [0.15, 0.2) is 35.1 Å². The fourth-order valence-electron chi connectivity index (χ4n) is 1.53. The molecule has 0 aromatic carbocycles. The lowest BCUT2D eigenvalue weighted by molar-refractivity contribution is -0.142. The molecular weight excluding hydrogens is 246 g/mol. The number of hydrogen-bond donors (Lipinski definition) is 1. The highest BCUT2D eigenvalue weighted by molar-refractivity contribution is 9.10. The van der Waals surface area contributed by atoms with Gasteiger partial charge in [0.2, 0.25) is 0 Å². The summed E-state index contributed by atoms with van der Waals surface area (Å²) in [5, 5.41) is 9.14. The Bertz CT molecular complexity index is 416. The predicted molar refractivity (Wildman–Crippen MR) is 55.0 cm³/mol. The second-order valence-electron chi connectivity index (χ2n) is 3.25. The van der Waals surface area contributed by atoms with Crippen molar-refractivity contribution < 1.29 is 9.90 Å². The van der Waals surface area contributed by atoms with Gasteiger partial charge in [-0.25, -0.2) is 4.98 Å². The molecule has 3 nitrogen and oxygen atoms in total. The van der Waals surface area contributed by atoms with E-state index in [1.54, 1.807) is 24.4 Å². The third kappa shape index (κ3) is 1.26. The van der Waals surface area contributed by atoms with Gasteiger partial charge in [0, 0.05) is 6.20 Å². The molecule has 0 amide bonds. The van der Waals surface area contributed by atoms with Crippen LogP contribution in [0, 0.1) is 0 Å².